The Labute approximate surface area is 79.0 Å². The van der Waals surface area contributed by atoms with Crippen molar-refractivity contribution in [3.8, 4) is 0 Å². The lowest BCUT2D eigenvalue weighted by Crippen LogP contribution is -2.10. The average molecular weight is 216 g/mol. The Morgan fingerprint density at radius 1 is 1.58 bits per heavy atom. The van der Waals surface area contributed by atoms with Gasteiger partial charge in [-0.15, -0.1) is 12.6 Å². The summed E-state index contributed by atoms with van der Waals surface area (Å²) in [5, 5.41) is 0. The Hall–Kier alpha value is -0.0700. The van der Waals surface area contributed by atoms with E-state index >= 15 is 0 Å². The van der Waals surface area contributed by atoms with Crippen LogP contribution in [-0.4, -0.2) is 24.8 Å². The van der Waals surface area contributed by atoms with Crippen molar-refractivity contribution in [2.45, 2.75) is 6.18 Å². The zero-order valence-electron chi connectivity index (χ0n) is 6.18. The lowest BCUT2D eigenvalue weighted by atomic mass is 10.4. The van der Waals surface area contributed by atoms with Gasteiger partial charge < -0.3 is 4.74 Å². The quantitative estimate of drug-likeness (QED) is 0.440. The fourth-order valence-electron chi connectivity index (χ4n) is 0.418. The summed E-state index contributed by atoms with van der Waals surface area (Å²) in [6, 6.07) is 0. The van der Waals surface area contributed by atoms with E-state index in [0.29, 0.717) is 0 Å². The Bertz CT molecular complexity index is 197. The molecule has 0 bridgehead atoms. The smallest absolute Gasteiger partial charge is 0.379 e. The van der Waals surface area contributed by atoms with Crippen LogP contribution in [0.15, 0.2) is 11.0 Å². The highest BCUT2D eigenvalue weighted by Gasteiger charge is 2.31. The van der Waals surface area contributed by atoms with Gasteiger partial charge in [-0.1, -0.05) is 12.2 Å². The van der Waals surface area contributed by atoms with Crippen molar-refractivity contribution in [1.29, 1.82) is 0 Å². The molecule has 1 nitrogen and oxygen atoms in total. The third kappa shape index (κ3) is 4.74. The maximum Gasteiger partial charge on any atom is 0.422 e. The molecule has 0 aliphatic rings. The maximum atomic E-state index is 11.8. The molecular formula is C6H7F3OS2. The molecule has 0 atom stereocenters. The summed E-state index contributed by atoms with van der Waals surface area (Å²) in [7, 11) is 1.35. The predicted molar refractivity (Wildman–Crippen MR) is 47.6 cm³/mol. The van der Waals surface area contributed by atoms with Gasteiger partial charge in [-0.05, 0) is 6.08 Å². The second kappa shape index (κ2) is 4.84. The number of halogens is 3. The minimum Gasteiger partial charge on any atom is -0.379 e. The summed E-state index contributed by atoms with van der Waals surface area (Å²) in [5.41, 5.74) is 0. The monoisotopic (exact) mass is 216 g/mol. The van der Waals surface area contributed by atoms with Crippen molar-refractivity contribution in [1.82, 2.24) is 0 Å². The van der Waals surface area contributed by atoms with E-state index in [0.717, 1.165) is 6.08 Å². The molecule has 0 unspecified atom stereocenters. The molecule has 0 rings (SSSR count). The number of thiocarbonyl (C=S) groups is 1. The number of hydrogen-bond acceptors (Lipinski definition) is 3. The van der Waals surface area contributed by atoms with Gasteiger partial charge in [0.2, 0.25) is 0 Å². The number of rotatable bonds is 3. The molecule has 0 aliphatic heterocycles. The zero-order valence-corrected chi connectivity index (χ0v) is 7.89. The lowest BCUT2D eigenvalue weighted by Gasteiger charge is -2.05. The van der Waals surface area contributed by atoms with Crippen LogP contribution in [0.25, 0.3) is 0 Å². The van der Waals surface area contributed by atoms with Crippen molar-refractivity contribution >= 4 is 29.7 Å². The SMILES string of the molecule is COCC(=S)/C=C(/S)C(F)(F)F. The van der Waals surface area contributed by atoms with Gasteiger partial charge in [0.05, 0.1) is 11.5 Å². The first kappa shape index (κ1) is 11.9. The molecule has 0 saturated carbocycles. The largest absolute Gasteiger partial charge is 0.422 e. The molecule has 0 aromatic rings. The molecule has 0 spiro atoms. The van der Waals surface area contributed by atoms with Crippen molar-refractivity contribution in [2.24, 2.45) is 0 Å². The minimum atomic E-state index is -4.43. The molecule has 0 aliphatic carbocycles. The maximum absolute atomic E-state index is 11.8. The van der Waals surface area contributed by atoms with E-state index in [1.54, 1.807) is 0 Å². The number of hydrogen-bond donors (Lipinski definition) is 1. The van der Waals surface area contributed by atoms with Gasteiger partial charge in [-0.2, -0.15) is 13.2 Å². The van der Waals surface area contributed by atoms with Crippen molar-refractivity contribution in [3.63, 3.8) is 0 Å². The fraction of sp³-hybridized carbons (Fsp3) is 0.500. The third-order valence-electron chi connectivity index (χ3n) is 0.875. The van der Waals surface area contributed by atoms with E-state index in [-0.39, 0.29) is 11.5 Å². The number of thiol groups is 1. The van der Waals surface area contributed by atoms with Crippen LogP contribution in [0.5, 0.6) is 0 Å². The summed E-state index contributed by atoms with van der Waals surface area (Å²) in [6.45, 7) is -0.00449. The minimum absolute atomic E-state index is 0.00449. The highest BCUT2D eigenvalue weighted by molar-refractivity contribution is 7.85. The normalized spacial score (nSPS) is 13.2. The molecule has 0 fully saturated rings. The third-order valence-corrected chi connectivity index (χ3v) is 1.49. The van der Waals surface area contributed by atoms with E-state index in [4.69, 9.17) is 0 Å². The Kier molecular flexibility index (Phi) is 4.81. The van der Waals surface area contributed by atoms with Crippen LogP contribution >= 0.6 is 24.8 Å². The second-order valence-electron chi connectivity index (χ2n) is 1.93. The van der Waals surface area contributed by atoms with Crippen molar-refractivity contribution in [2.75, 3.05) is 13.7 Å². The Morgan fingerprint density at radius 2 is 2.08 bits per heavy atom. The molecule has 0 saturated heterocycles. The van der Waals surface area contributed by atoms with Crippen LogP contribution in [0, 0.1) is 0 Å². The van der Waals surface area contributed by atoms with Crippen LogP contribution in [-0.2, 0) is 4.74 Å². The molecule has 0 aromatic carbocycles. The average Bonchev–Trinajstić information content (AvgIpc) is 1.85. The van der Waals surface area contributed by atoms with Gasteiger partial charge in [0.1, 0.15) is 0 Å². The molecule has 70 valence electrons. The Morgan fingerprint density at radius 3 is 2.42 bits per heavy atom. The van der Waals surface area contributed by atoms with Gasteiger partial charge in [0, 0.05) is 12.0 Å². The highest BCUT2D eigenvalue weighted by atomic mass is 32.1. The first-order valence-corrected chi connectivity index (χ1v) is 3.73. The van der Waals surface area contributed by atoms with E-state index in [1.807, 2.05) is 0 Å². The van der Waals surface area contributed by atoms with Crippen LogP contribution in [0.4, 0.5) is 13.2 Å². The van der Waals surface area contributed by atoms with Gasteiger partial charge in [0.15, 0.2) is 0 Å². The molecule has 6 heteroatoms. The standard InChI is InChI=1S/C6H7F3OS2/c1-10-3-4(11)2-5(12)6(7,8)9/h2,12H,3H2,1H3/b5-2+. The first-order valence-electron chi connectivity index (χ1n) is 2.87. The number of ether oxygens (including phenoxy) is 1. The molecular weight excluding hydrogens is 209 g/mol. The molecule has 0 radical (unpaired) electrons. The van der Waals surface area contributed by atoms with Crippen molar-refractivity contribution < 1.29 is 17.9 Å². The number of methoxy groups -OCH3 is 1. The second-order valence-corrected chi connectivity index (χ2v) is 2.93. The van der Waals surface area contributed by atoms with Crippen LogP contribution in [0.2, 0.25) is 0 Å². The van der Waals surface area contributed by atoms with Crippen LogP contribution < -0.4 is 0 Å². The van der Waals surface area contributed by atoms with Gasteiger partial charge in [-0.3, -0.25) is 0 Å². The summed E-state index contributed by atoms with van der Waals surface area (Å²) in [5.74, 6) is 0. The molecule has 12 heavy (non-hydrogen) atoms. The predicted octanol–water partition coefficient (Wildman–Crippen LogP) is 2.38. The molecule has 0 heterocycles. The van der Waals surface area contributed by atoms with Gasteiger partial charge in [0.25, 0.3) is 0 Å². The topological polar surface area (TPSA) is 9.23 Å². The van der Waals surface area contributed by atoms with E-state index in [9.17, 15) is 13.2 Å². The number of alkyl halides is 3. The summed E-state index contributed by atoms with van der Waals surface area (Å²) in [6.07, 6.45) is -3.66. The summed E-state index contributed by atoms with van der Waals surface area (Å²) in [4.78, 5) is -0.940. The summed E-state index contributed by atoms with van der Waals surface area (Å²) >= 11 is 7.78. The lowest BCUT2D eigenvalue weighted by molar-refractivity contribution is -0.0833. The Balaban J connectivity index is 4.26. The van der Waals surface area contributed by atoms with Crippen LogP contribution in [0.1, 0.15) is 0 Å². The number of allylic oxidation sites excluding steroid dienone is 1. The fourth-order valence-corrected chi connectivity index (χ4v) is 0.897. The highest BCUT2D eigenvalue weighted by Crippen LogP contribution is 2.27. The van der Waals surface area contributed by atoms with Crippen LogP contribution in [0.3, 0.4) is 0 Å². The van der Waals surface area contributed by atoms with Gasteiger partial charge in [-0.25, -0.2) is 0 Å². The van der Waals surface area contributed by atoms with E-state index < -0.39 is 11.1 Å². The molecule has 0 amide bonds. The zero-order chi connectivity index (χ0) is 9.78. The molecule has 0 aromatic heterocycles. The van der Waals surface area contributed by atoms with Crippen molar-refractivity contribution in [3.05, 3.63) is 11.0 Å². The van der Waals surface area contributed by atoms with E-state index in [1.165, 1.54) is 7.11 Å². The first-order chi connectivity index (χ1) is 5.38. The van der Waals surface area contributed by atoms with Gasteiger partial charge >= 0.3 is 6.18 Å². The molecule has 0 N–H and O–H groups in total. The van der Waals surface area contributed by atoms with E-state index in [2.05, 4.69) is 29.6 Å². The summed E-state index contributed by atoms with van der Waals surface area (Å²) < 4.78 is 39.9.